The number of hydrogen-bond donors (Lipinski definition) is 3. The third kappa shape index (κ3) is 5.53. The van der Waals surface area contributed by atoms with Gasteiger partial charge >= 0.3 is 0 Å². The summed E-state index contributed by atoms with van der Waals surface area (Å²) in [5.74, 6) is 0.342. The fourth-order valence-corrected chi connectivity index (χ4v) is 3.94. The van der Waals surface area contributed by atoms with Crippen molar-refractivity contribution in [1.82, 2.24) is 24.9 Å². The number of aromatic amines is 1. The summed E-state index contributed by atoms with van der Waals surface area (Å²) in [6.45, 7) is 4.81. The maximum Gasteiger partial charge on any atom is 0.235 e. The monoisotopic (exact) mass is 517 g/mol. The molecule has 11 heteroatoms. The second-order valence-electron chi connectivity index (χ2n) is 9.25. The summed E-state index contributed by atoms with van der Waals surface area (Å²) in [5.41, 5.74) is 2.23. The van der Waals surface area contributed by atoms with Gasteiger partial charge in [-0.05, 0) is 55.8 Å². The highest BCUT2D eigenvalue weighted by Gasteiger charge is 2.41. The summed E-state index contributed by atoms with van der Waals surface area (Å²) < 4.78 is 25.6. The van der Waals surface area contributed by atoms with Gasteiger partial charge in [-0.15, -0.1) is 0 Å². The third-order valence-electron chi connectivity index (χ3n) is 6.10. The molecule has 3 aromatic heterocycles. The molecule has 1 amide bonds. The highest BCUT2D eigenvalue weighted by atomic mass is 19.1. The number of nitrogens with one attached hydrogen (secondary N) is 3. The first-order valence-corrected chi connectivity index (χ1v) is 12.3. The largest absolute Gasteiger partial charge is 0.354 e. The average Bonchev–Trinajstić information content (AvgIpc) is 3.39. The van der Waals surface area contributed by atoms with E-state index in [-0.39, 0.29) is 24.9 Å². The summed E-state index contributed by atoms with van der Waals surface area (Å²) in [7, 11) is 0. The molecule has 1 aliphatic heterocycles. The van der Waals surface area contributed by atoms with E-state index in [4.69, 9.17) is 14.5 Å². The van der Waals surface area contributed by atoms with Gasteiger partial charge in [0.2, 0.25) is 18.1 Å². The average molecular weight is 518 g/mol. The van der Waals surface area contributed by atoms with Crippen LogP contribution in [0.4, 0.5) is 16.0 Å². The fourth-order valence-electron chi connectivity index (χ4n) is 3.94. The van der Waals surface area contributed by atoms with Crippen LogP contribution in [-0.4, -0.2) is 50.6 Å². The topological polar surface area (TPSA) is 127 Å². The van der Waals surface area contributed by atoms with E-state index in [1.807, 2.05) is 0 Å². The van der Waals surface area contributed by atoms with E-state index in [1.165, 1.54) is 12.1 Å². The van der Waals surface area contributed by atoms with Gasteiger partial charge in [-0.3, -0.25) is 9.78 Å². The summed E-state index contributed by atoms with van der Waals surface area (Å²) >= 11 is 0. The number of pyridine rings is 1. The zero-order valence-electron chi connectivity index (χ0n) is 21.1. The van der Waals surface area contributed by atoms with Crippen LogP contribution in [0.15, 0.2) is 61.1 Å². The van der Waals surface area contributed by atoms with E-state index in [0.29, 0.717) is 40.1 Å². The van der Waals surface area contributed by atoms with Crippen molar-refractivity contribution in [1.29, 1.82) is 0 Å². The highest BCUT2D eigenvalue weighted by Crippen LogP contribution is 2.36. The van der Waals surface area contributed by atoms with Gasteiger partial charge in [-0.2, -0.15) is 0 Å². The number of imidazole rings is 1. The molecule has 5 rings (SSSR count). The minimum atomic E-state index is -0.901. The number of anilines is 2. The Balaban J connectivity index is 1.39. The molecule has 0 atom stereocenters. The van der Waals surface area contributed by atoms with Gasteiger partial charge in [0, 0.05) is 36.4 Å². The van der Waals surface area contributed by atoms with E-state index in [0.717, 1.165) is 13.0 Å². The van der Waals surface area contributed by atoms with Gasteiger partial charge in [-0.1, -0.05) is 6.92 Å². The zero-order valence-corrected chi connectivity index (χ0v) is 21.1. The van der Waals surface area contributed by atoms with Gasteiger partial charge in [0.1, 0.15) is 5.82 Å². The number of benzene rings is 1. The summed E-state index contributed by atoms with van der Waals surface area (Å²) in [4.78, 5) is 33.8. The van der Waals surface area contributed by atoms with Crippen LogP contribution in [-0.2, 0) is 14.3 Å². The Morgan fingerprint density at radius 3 is 2.53 bits per heavy atom. The van der Waals surface area contributed by atoms with Crippen LogP contribution >= 0.6 is 0 Å². The van der Waals surface area contributed by atoms with Gasteiger partial charge in [0.15, 0.2) is 5.82 Å². The summed E-state index contributed by atoms with van der Waals surface area (Å²) in [6, 6.07) is 11.3. The van der Waals surface area contributed by atoms with Crippen LogP contribution in [0.2, 0.25) is 0 Å². The summed E-state index contributed by atoms with van der Waals surface area (Å²) in [5, 5.41) is 6.06. The number of halogens is 1. The lowest BCUT2D eigenvalue weighted by Crippen LogP contribution is -2.45. The first kappa shape index (κ1) is 25.4. The minimum absolute atomic E-state index is 0.120. The number of aromatic nitrogens is 5. The van der Waals surface area contributed by atoms with Crippen molar-refractivity contribution in [2.24, 2.45) is 5.41 Å². The van der Waals surface area contributed by atoms with E-state index in [1.54, 1.807) is 55.8 Å². The Kier molecular flexibility index (Phi) is 7.38. The Morgan fingerprint density at radius 1 is 1.08 bits per heavy atom. The fraction of sp³-hybridized carbons (Fsp3) is 0.296. The lowest BCUT2D eigenvalue weighted by atomic mass is 9.91. The van der Waals surface area contributed by atoms with Crippen LogP contribution in [0.5, 0.6) is 0 Å². The van der Waals surface area contributed by atoms with E-state index in [2.05, 4.69) is 37.5 Å². The van der Waals surface area contributed by atoms with Gasteiger partial charge in [0.05, 0.1) is 35.7 Å². The first-order valence-electron chi connectivity index (χ1n) is 12.3. The maximum atomic E-state index is 13.6. The number of hydrogen-bond acceptors (Lipinski definition) is 8. The molecule has 10 nitrogen and oxygen atoms in total. The van der Waals surface area contributed by atoms with Crippen LogP contribution in [0.1, 0.15) is 32.4 Å². The lowest BCUT2D eigenvalue weighted by Gasteiger charge is -2.35. The zero-order chi connectivity index (χ0) is 26.5. The molecule has 4 aromatic rings. The Bertz CT molecular complexity index is 1390. The van der Waals surface area contributed by atoms with Crippen molar-refractivity contribution < 1.29 is 18.7 Å². The summed E-state index contributed by atoms with van der Waals surface area (Å²) in [6.07, 6.45) is 4.98. The van der Waals surface area contributed by atoms with Crippen molar-refractivity contribution in [3.05, 3.63) is 72.7 Å². The smallest absolute Gasteiger partial charge is 0.235 e. The number of rotatable bonds is 8. The number of amides is 1. The number of nitrogens with zero attached hydrogens (tertiary/aromatic N) is 4. The molecule has 0 saturated carbocycles. The van der Waals surface area contributed by atoms with E-state index >= 15 is 0 Å². The minimum Gasteiger partial charge on any atom is -0.354 e. The van der Waals surface area contributed by atoms with Crippen LogP contribution in [0, 0.1) is 11.2 Å². The van der Waals surface area contributed by atoms with E-state index in [9.17, 15) is 9.18 Å². The molecule has 196 valence electrons. The molecule has 1 aromatic carbocycles. The van der Waals surface area contributed by atoms with Crippen molar-refractivity contribution in [2.45, 2.75) is 26.6 Å². The standard InChI is InChI=1S/C27H28FN7O3/c1-3-11-30-26-31-14-10-20(33-26)22-21(17-4-6-18(28)7-5-17)34-23(35-22)24-37-15-27(2,16-38-24)25(36)32-19-8-12-29-13-9-19/h4-10,12-14,24H,3,11,15-16H2,1-2H3,(H,34,35)(H,29,32,36)(H,30,31,33). The molecule has 0 radical (unpaired) electrons. The second-order valence-corrected chi connectivity index (χ2v) is 9.25. The molecule has 1 fully saturated rings. The predicted molar refractivity (Wildman–Crippen MR) is 139 cm³/mol. The molecule has 1 aliphatic rings. The van der Waals surface area contributed by atoms with Crippen molar-refractivity contribution in [3.8, 4) is 22.6 Å². The Morgan fingerprint density at radius 2 is 1.82 bits per heavy atom. The quantitative estimate of drug-likeness (QED) is 0.310. The van der Waals surface area contributed by atoms with Crippen molar-refractivity contribution in [2.75, 3.05) is 30.4 Å². The number of H-pyrrole nitrogens is 1. The molecule has 0 unspecified atom stereocenters. The van der Waals surface area contributed by atoms with Crippen LogP contribution in [0.25, 0.3) is 22.6 Å². The van der Waals surface area contributed by atoms with Gasteiger partial charge < -0.3 is 25.1 Å². The molecule has 0 bridgehead atoms. The number of carbonyl (C=O) groups excluding carboxylic acids is 1. The van der Waals surface area contributed by atoms with Gasteiger partial charge in [-0.25, -0.2) is 19.3 Å². The highest BCUT2D eigenvalue weighted by molar-refractivity contribution is 5.95. The molecular formula is C27H28FN7O3. The molecule has 4 heterocycles. The molecule has 0 spiro atoms. The predicted octanol–water partition coefficient (Wildman–Crippen LogP) is 4.58. The normalized spacial score (nSPS) is 19.2. The van der Waals surface area contributed by atoms with Crippen molar-refractivity contribution in [3.63, 3.8) is 0 Å². The molecule has 0 aliphatic carbocycles. The Hall–Kier alpha value is -4.22. The number of carbonyl (C=O) groups is 1. The number of ether oxygens (including phenoxy) is 2. The second kappa shape index (κ2) is 11.0. The molecular weight excluding hydrogens is 489 g/mol. The SMILES string of the molecule is CCCNc1nccc(-c2[nH]c(C3OCC(C)(C(=O)Nc4ccncc4)CO3)nc2-c2ccc(F)cc2)n1. The maximum absolute atomic E-state index is 13.6. The van der Waals surface area contributed by atoms with Gasteiger partial charge in [0.25, 0.3) is 0 Å². The molecule has 1 saturated heterocycles. The third-order valence-corrected chi connectivity index (χ3v) is 6.10. The van der Waals surface area contributed by atoms with Crippen LogP contribution in [0.3, 0.4) is 0 Å². The molecule has 38 heavy (non-hydrogen) atoms. The molecule has 3 N–H and O–H groups in total. The lowest BCUT2D eigenvalue weighted by molar-refractivity contribution is -0.229. The first-order chi connectivity index (χ1) is 18.4. The Labute approximate surface area is 219 Å². The van der Waals surface area contributed by atoms with Crippen molar-refractivity contribution >= 4 is 17.5 Å². The van der Waals surface area contributed by atoms with Crippen LogP contribution < -0.4 is 10.6 Å². The van der Waals surface area contributed by atoms with E-state index < -0.39 is 11.7 Å².